The number of benzene rings is 2. The second kappa shape index (κ2) is 8.29. The number of aryl methyl sites for hydroxylation is 1. The summed E-state index contributed by atoms with van der Waals surface area (Å²) in [6.07, 6.45) is 3.44. The zero-order valence-corrected chi connectivity index (χ0v) is 17.3. The van der Waals surface area contributed by atoms with E-state index in [4.69, 9.17) is 0 Å². The fourth-order valence-corrected chi connectivity index (χ4v) is 4.75. The van der Waals surface area contributed by atoms with Crippen LogP contribution in [0.3, 0.4) is 0 Å². The van der Waals surface area contributed by atoms with E-state index in [9.17, 15) is 4.79 Å². The first-order valence-corrected chi connectivity index (χ1v) is 10.7. The highest BCUT2D eigenvalue weighted by molar-refractivity contribution is 7.13. The highest BCUT2D eigenvalue weighted by Gasteiger charge is 2.19. The predicted molar refractivity (Wildman–Crippen MR) is 118 cm³/mol. The number of amides is 1. The average Bonchev–Trinajstić information content (AvgIpc) is 3.22. The van der Waals surface area contributed by atoms with Gasteiger partial charge in [-0.05, 0) is 91.7 Å². The zero-order valence-electron chi connectivity index (χ0n) is 16.4. The lowest BCUT2D eigenvalue weighted by atomic mass is 9.83. The molecule has 2 aromatic carbocycles. The zero-order chi connectivity index (χ0) is 19.5. The van der Waals surface area contributed by atoms with E-state index in [0.29, 0.717) is 5.56 Å². The number of fused-ring (bicyclic) bond motifs is 1. The Balaban J connectivity index is 1.42. The fourth-order valence-electron chi connectivity index (χ4n) is 4.01. The van der Waals surface area contributed by atoms with Crippen LogP contribution < -0.4 is 5.32 Å². The Morgan fingerprint density at radius 1 is 1.11 bits per heavy atom. The van der Waals surface area contributed by atoms with Gasteiger partial charge >= 0.3 is 0 Å². The van der Waals surface area contributed by atoms with Crippen LogP contribution in [-0.4, -0.2) is 31.4 Å². The molecule has 144 valence electrons. The van der Waals surface area contributed by atoms with Crippen molar-refractivity contribution < 1.29 is 4.79 Å². The number of anilines is 1. The summed E-state index contributed by atoms with van der Waals surface area (Å²) >= 11 is 1.71. The number of nitrogens with one attached hydrogen (secondary N) is 1. The standard InChI is InChI=1S/C24H26N2OS/c1-26(2)16-17-5-6-21-15-22(12-11-20(21)14-17)25-24(27)19-9-7-18(8-10-19)23-4-3-13-28-23/h3-4,7-13,15,17H,5-6,14,16H2,1-2H3,(H,25,27). The Labute approximate surface area is 171 Å². The summed E-state index contributed by atoms with van der Waals surface area (Å²) in [5.41, 5.74) is 5.52. The molecule has 4 heteroatoms. The number of nitrogens with zero attached hydrogens (tertiary/aromatic N) is 1. The van der Waals surface area contributed by atoms with Crippen LogP contribution in [0.4, 0.5) is 5.69 Å². The maximum absolute atomic E-state index is 12.6. The molecule has 1 amide bonds. The van der Waals surface area contributed by atoms with Crippen LogP contribution in [0, 0.1) is 5.92 Å². The van der Waals surface area contributed by atoms with Crippen LogP contribution in [0.15, 0.2) is 60.0 Å². The highest BCUT2D eigenvalue weighted by atomic mass is 32.1. The maximum atomic E-state index is 12.6. The van der Waals surface area contributed by atoms with Crippen LogP contribution in [0.25, 0.3) is 10.4 Å². The molecular formula is C24H26N2OS. The van der Waals surface area contributed by atoms with Gasteiger partial charge in [0.05, 0.1) is 0 Å². The first-order valence-electron chi connectivity index (χ1n) is 9.80. The van der Waals surface area contributed by atoms with E-state index in [1.165, 1.54) is 22.4 Å². The van der Waals surface area contributed by atoms with Gasteiger partial charge in [-0.2, -0.15) is 0 Å². The topological polar surface area (TPSA) is 32.3 Å². The molecule has 3 aromatic rings. The minimum absolute atomic E-state index is 0.0565. The van der Waals surface area contributed by atoms with E-state index in [1.54, 1.807) is 11.3 Å². The largest absolute Gasteiger partial charge is 0.322 e. The number of thiophene rings is 1. The van der Waals surface area contributed by atoms with Crippen molar-refractivity contribution in [2.75, 3.05) is 26.0 Å². The summed E-state index contributed by atoms with van der Waals surface area (Å²) in [6, 6.07) is 18.3. The monoisotopic (exact) mass is 390 g/mol. The lowest BCUT2D eigenvalue weighted by Crippen LogP contribution is -2.26. The van der Waals surface area contributed by atoms with E-state index in [-0.39, 0.29) is 5.91 Å². The van der Waals surface area contributed by atoms with Gasteiger partial charge in [-0.25, -0.2) is 0 Å². The van der Waals surface area contributed by atoms with Crippen molar-refractivity contribution in [2.24, 2.45) is 5.92 Å². The number of rotatable bonds is 5. The molecular weight excluding hydrogens is 364 g/mol. The predicted octanol–water partition coefficient (Wildman–Crippen LogP) is 5.33. The molecule has 0 saturated heterocycles. The highest BCUT2D eigenvalue weighted by Crippen LogP contribution is 2.29. The SMILES string of the molecule is CN(C)CC1CCc2cc(NC(=O)c3ccc(-c4cccs4)cc3)ccc2C1. The van der Waals surface area contributed by atoms with Crippen LogP contribution in [-0.2, 0) is 12.8 Å². The first-order chi connectivity index (χ1) is 13.6. The third kappa shape index (κ3) is 4.34. The Hall–Kier alpha value is -2.43. The summed E-state index contributed by atoms with van der Waals surface area (Å²) in [6.45, 7) is 1.14. The summed E-state index contributed by atoms with van der Waals surface area (Å²) in [5.74, 6) is 0.670. The molecule has 1 aliphatic rings. The van der Waals surface area contributed by atoms with Crippen LogP contribution in [0.1, 0.15) is 27.9 Å². The van der Waals surface area contributed by atoms with Crippen LogP contribution in [0.5, 0.6) is 0 Å². The van der Waals surface area contributed by atoms with Crippen molar-refractivity contribution in [2.45, 2.75) is 19.3 Å². The van der Waals surface area contributed by atoms with Gasteiger partial charge in [0.15, 0.2) is 0 Å². The van der Waals surface area contributed by atoms with E-state index in [2.05, 4.69) is 47.9 Å². The second-order valence-electron chi connectivity index (χ2n) is 7.86. The first kappa shape index (κ1) is 18.9. The number of hydrogen-bond donors (Lipinski definition) is 1. The van der Waals surface area contributed by atoms with Crippen molar-refractivity contribution in [3.8, 4) is 10.4 Å². The van der Waals surface area contributed by atoms with E-state index in [0.717, 1.165) is 36.6 Å². The van der Waals surface area contributed by atoms with E-state index in [1.807, 2.05) is 36.4 Å². The molecule has 0 fully saturated rings. The van der Waals surface area contributed by atoms with Gasteiger partial charge in [0.2, 0.25) is 0 Å². The van der Waals surface area contributed by atoms with Crippen molar-refractivity contribution in [3.05, 3.63) is 76.7 Å². The number of hydrogen-bond acceptors (Lipinski definition) is 3. The second-order valence-corrected chi connectivity index (χ2v) is 8.81. The maximum Gasteiger partial charge on any atom is 0.255 e. The average molecular weight is 391 g/mol. The number of carbonyl (C=O) groups is 1. The normalized spacial score (nSPS) is 16.0. The minimum Gasteiger partial charge on any atom is -0.322 e. The molecule has 1 aromatic heterocycles. The fraction of sp³-hybridized carbons (Fsp3) is 0.292. The lowest BCUT2D eigenvalue weighted by Gasteiger charge is -2.27. The Morgan fingerprint density at radius 3 is 2.64 bits per heavy atom. The van der Waals surface area contributed by atoms with Crippen molar-refractivity contribution in [1.29, 1.82) is 0 Å². The van der Waals surface area contributed by atoms with Gasteiger partial charge in [0.1, 0.15) is 0 Å². The smallest absolute Gasteiger partial charge is 0.255 e. The molecule has 4 rings (SSSR count). The molecule has 28 heavy (non-hydrogen) atoms. The molecule has 0 radical (unpaired) electrons. The summed E-state index contributed by atoms with van der Waals surface area (Å²) in [7, 11) is 4.28. The molecule has 1 unspecified atom stereocenters. The molecule has 0 spiro atoms. The number of carbonyl (C=O) groups excluding carboxylic acids is 1. The molecule has 1 atom stereocenters. The Kier molecular flexibility index (Phi) is 5.60. The van der Waals surface area contributed by atoms with Crippen LogP contribution >= 0.6 is 11.3 Å². The molecule has 0 aliphatic heterocycles. The van der Waals surface area contributed by atoms with Crippen molar-refractivity contribution in [3.63, 3.8) is 0 Å². The molecule has 1 heterocycles. The summed E-state index contributed by atoms with van der Waals surface area (Å²) in [4.78, 5) is 16.1. The van der Waals surface area contributed by atoms with Gasteiger partial charge in [-0.15, -0.1) is 11.3 Å². The molecule has 0 bridgehead atoms. The van der Waals surface area contributed by atoms with Gasteiger partial charge in [0.25, 0.3) is 5.91 Å². The van der Waals surface area contributed by atoms with Crippen LogP contribution in [0.2, 0.25) is 0 Å². The lowest BCUT2D eigenvalue weighted by molar-refractivity contribution is 0.102. The van der Waals surface area contributed by atoms with Gasteiger partial charge < -0.3 is 10.2 Å². The van der Waals surface area contributed by atoms with E-state index >= 15 is 0 Å². The Bertz CT molecular complexity index is 945. The molecule has 3 nitrogen and oxygen atoms in total. The molecule has 0 saturated carbocycles. The Morgan fingerprint density at radius 2 is 1.93 bits per heavy atom. The van der Waals surface area contributed by atoms with E-state index < -0.39 is 0 Å². The van der Waals surface area contributed by atoms with Crippen molar-refractivity contribution >= 4 is 22.9 Å². The van der Waals surface area contributed by atoms with Gasteiger partial charge in [-0.3, -0.25) is 4.79 Å². The minimum atomic E-state index is -0.0565. The quantitative estimate of drug-likeness (QED) is 0.638. The third-order valence-electron chi connectivity index (χ3n) is 5.37. The molecule has 1 aliphatic carbocycles. The van der Waals surface area contributed by atoms with Gasteiger partial charge in [-0.1, -0.05) is 24.3 Å². The van der Waals surface area contributed by atoms with Gasteiger partial charge in [0, 0.05) is 22.7 Å². The third-order valence-corrected chi connectivity index (χ3v) is 6.29. The molecule has 1 N–H and O–H groups in total. The summed E-state index contributed by atoms with van der Waals surface area (Å²) < 4.78 is 0. The summed E-state index contributed by atoms with van der Waals surface area (Å²) in [5, 5.41) is 5.13. The van der Waals surface area contributed by atoms with Crippen molar-refractivity contribution in [1.82, 2.24) is 4.90 Å².